The van der Waals surface area contributed by atoms with Gasteiger partial charge < -0.3 is 10.4 Å². The SMILES string of the molecule is CC1CCC(CO)(N2CCNCC2)c2ccccc21. The smallest absolute Gasteiger partial charge is 0.0697 e. The Bertz CT molecular complexity index is 442. The molecular weight excluding hydrogens is 236 g/mol. The second-order valence-electron chi connectivity index (χ2n) is 5.95. The standard InChI is InChI=1S/C16H24N2O/c1-13-6-7-16(12-19,18-10-8-17-9-11-18)15-5-3-2-4-14(13)15/h2-5,13,17,19H,6-12H2,1H3. The molecule has 0 radical (unpaired) electrons. The molecular formula is C16H24N2O. The zero-order valence-electron chi connectivity index (χ0n) is 11.7. The van der Waals surface area contributed by atoms with Gasteiger partial charge in [-0.2, -0.15) is 0 Å². The summed E-state index contributed by atoms with van der Waals surface area (Å²) >= 11 is 0. The minimum Gasteiger partial charge on any atom is -0.394 e. The summed E-state index contributed by atoms with van der Waals surface area (Å²) in [5, 5.41) is 13.6. The van der Waals surface area contributed by atoms with E-state index in [0.717, 1.165) is 32.6 Å². The molecule has 19 heavy (non-hydrogen) atoms. The summed E-state index contributed by atoms with van der Waals surface area (Å²) in [6.07, 6.45) is 2.24. The Kier molecular flexibility index (Phi) is 3.61. The van der Waals surface area contributed by atoms with Gasteiger partial charge in [-0.15, -0.1) is 0 Å². The lowest BCUT2D eigenvalue weighted by atomic mass is 9.71. The predicted octanol–water partition coefficient (Wildman–Crippen LogP) is 1.68. The third-order valence-electron chi connectivity index (χ3n) is 4.97. The van der Waals surface area contributed by atoms with E-state index in [1.807, 2.05) is 0 Å². The van der Waals surface area contributed by atoms with Crippen molar-refractivity contribution in [1.29, 1.82) is 0 Å². The Morgan fingerprint density at radius 1 is 1.32 bits per heavy atom. The Balaban J connectivity index is 2.03. The molecule has 1 heterocycles. The molecule has 1 aliphatic heterocycles. The first-order valence-electron chi connectivity index (χ1n) is 7.44. The van der Waals surface area contributed by atoms with E-state index in [0.29, 0.717) is 5.92 Å². The summed E-state index contributed by atoms with van der Waals surface area (Å²) in [5.74, 6) is 0.610. The molecule has 1 aromatic rings. The number of benzene rings is 1. The van der Waals surface area contributed by atoms with Crippen LogP contribution in [0.2, 0.25) is 0 Å². The molecule has 3 nitrogen and oxygen atoms in total. The summed E-state index contributed by atoms with van der Waals surface area (Å²) in [7, 11) is 0. The monoisotopic (exact) mass is 260 g/mol. The maximum atomic E-state index is 10.2. The number of rotatable bonds is 2. The topological polar surface area (TPSA) is 35.5 Å². The molecule has 2 N–H and O–H groups in total. The Morgan fingerprint density at radius 3 is 2.79 bits per heavy atom. The van der Waals surface area contributed by atoms with Crippen LogP contribution in [0.15, 0.2) is 24.3 Å². The molecule has 1 saturated heterocycles. The molecule has 1 aromatic carbocycles. The lowest BCUT2D eigenvalue weighted by molar-refractivity contribution is 0.00185. The first-order chi connectivity index (χ1) is 9.28. The van der Waals surface area contributed by atoms with E-state index in [4.69, 9.17) is 0 Å². The quantitative estimate of drug-likeness (QED) is 0.849. The van der Waals surface area contributed by atoms with Crippen molar-refractivity contribution in [1.82, 2.24) is 10.2 Å². The second-order valence-corrected chi connectivity index (χ2v) is 5.95. The fourth-order valence-electron chi connectivity index (χ4n) is 3.78. The molecule has 1 fully saturated rings. The van der Waals surface area contributed by atoms with Gasteiger partial charge in [-0.05, 0) is 29.9 Å². The molecule has 3 rings (SSSR count). The Hall–Kier alpha value is -0.900. The normalized spacial score (nSPS) is 32.0. The fourth-order valence-corrected chi connectivity index (χ4v) is 3.78. The zero-order valence-corrected chi connectivity index (χ0v) is 11.7. The first kappa shape index (κ1) is 13.1. The van der Waals surface area contributed by atoms with Crippen LogP contribution < -0.4 is 5.32 Å². The van der Waals surface area contributed by atoms with Crippen molar-refractivity contribution in [3.63, 3.8) is 0 Å². The third-order valence-corrected chi connectivity index (χ3v) is 4.97. The zero-order chi connectivity index (χ0) is 13.3. The maximum absolute atomic E-state index is 10.2. The van der Waals surface area contributed by atoms with E-state index in [9.17, 15) is 5.11 Å². The van der Waals surface area contributed by atoms with Crippen LogP contribution in [-0.4, -0.2) is 42.8 Å². The van der Waals surface area contributed by atoms with Crippen molar-refractivity contribution in [2.24, 2.45) is 0 Å². The number of nitrogens with zero attached hydrogens (tertiary/aromatic N) is 1. The van der Waals surface area contributed by atoms with Crippen LogP contribution in [0.25, 0.3) is 0 Å². The largest absolute Gasteiger partial charge is 0.394 e. The number of hydrogen-bond donors (Lipinski definition) is 2. The summed E-state index contributed by atoms with van der Waals surface area (Å²) < 4.78 is 0. The van der Waals surface area contributed by atoms with Crippen LogP contribution in [0.4, 0.5) is 0 Å². The molecule has 2 unspecified atom stereocenters. The van der Waals surface area contributed by atoms with Crippen molar-refractivity contribution in [3.8, 4) is 0 Å². The van der Waals surface area contributed by atoms with Gasteiger partial charge in [0.2, 0.25) is 0 Å². The average molecular weight is 260 g/mol. The maximum Gasteiger partial charge on any atom is 0.0697 e. The van der Waals surface area contributed by atoms with Gasteiger partial charge in [0.05, 0.1) is 12.1 Å². The highest BCUT2D eigenvalue weighted by Gasteiger charge is 2.43. The van der Waals surface area contributed by atoms with Crippen molar-refractivity contribution in [2.75, 3.05) is 32.8 Å². The van der Waals surface area contributed by atoms with Crippen molar-refractivity contribution in [2.45, 2.75) is 31.2 Å². The van der Waals surface area contributed by atoms with Crippen LogP contribution in [-0.2, 0) is 5.54 Å². The van der Waals surface area contributed by atoms with E-state index >= 15 is 0 Å². The van der Waals surface area contributed by atoms with Gasteiger partial charge >= 0.3 is 0 Å². The summed E-state index contributed by atoms with van der Waals surface area (Å²) in [6.45, 7) is 6.65. The molecule has 0 spiro atoms. The van der Waals surface area contributed by atoms with Crippen molar-refractivity contribution < 1.29 is 5.11 Å². The van der Waals surface area contributed by atoms with Crippen molar-refractivity contribution in [3.05, 3.63) is 35.4 Å². The van der Waals surface area contributed by atoms with E-state index in [2.05, 4.69) is 41.4 Å². The van der Waals surface area contributed by atoms with Crippen LogP contribution in [0, 0.1) is 0 Å². The highest BCUT2D eigenvalue weighted by Crippen LogP contribution is 2.44. The van der Waals surface area contributed by atoms with E-state index in [1.165, 1.54) is 17.5 Å². The summed E-state index contributed by atoms with van der Waals surface area (Å²) in [6, 6.07) is 8.71. The number of aliphatic hydroxyl groups excluding tert-OH is 1. The minimum atomic E-state index is -0.148. The average Bonchev–Trinajstić information content (AvgIpc) is 2.49. The van der Waals surface area contributed by atoms with Crippen LogP contribution in [0.5, 0.6) is 0 Å². The van der Waals surface area contributed by atoms with E-state index in [-0.39, 0.29) is 12.1 Å². The van der Waals surface area contributed by atoms with Crippen LogP contribution in [0.1, 0.15) is 36.8 Å². The Morgan fingerprint density at radius 2 is 2.05 bits per heavy atom. The number of aliphatic hydroxyl groups is 1. The number of fused-ring (bicyclic) bond motifs is 1. The van der Waals surface area contributed by atoms with Gasteiger partial charge in [-0.3, -0.25) is 4.90 Å². The van der Waals surface area contributed by atoms with Gasteiger partial charge in [0.25, 0.3) is 0 Å². The minimum absolute atomic E-state index is 0.148. The molecule has 104 valence electrons. The lowest BCUT2D eigenvalue weighted by Gasteiger charge is -2.49. The van der Waals surface area contributed by atoms with E-state index < -0.39 is 0 Å². The molecule has 0 saturated carbocycles. The third kappa shape index (κ3) is 2.10. The van der Waals surface area contributed by atoms with Gasteiger partial charge in [-0.1, -0.05) is 31.2 Å². The molecule has 0 bridgehead atoms. The molecule has 0 amide bonds. The molecule has 2 atom stereocenters. The predicted molar refractivity (Wildman–Crippen MR) is 77.3 cm³/mol. The molecule has 1 aliphatic carbocycles. The summed E-state index contributed by atoms with van der Waals surface area (Å²) in [5.41, 5.74) is 2.64. The highest BCUT2D eigenvalue weighted by atomic mass is 16.3. The van der Waals surface area contributed by atoms with Gasteiger partial charge in [0.15, 0.2) is 0 Å². The number of nitrogens with one attached hydrogen (secondary N) is 1. The van der Waals surface area contributed by atoms with Crippen LogP contribution >= 0.6 is 0 Å². The summed E-state index contributed by atoms with van der Waals surface area (Å²) in [4.78, 5) is 2.49. The molecule has 0 aromatic heterocycles. The van der Waals surface area contributed by atoms with Gasteiger partial charge in [0.1, 0.15) is 0 Å². The van der Waals surface area contributed by atoms with E-state index in [1.54, 1.807) is 0 Å². The van der Waals surface area contributed by atoms with Gasteiger partial charge in [-0.25, -0.2) is 0 Å². The second kappa shape index (κ2) is 5.23. The lowest BCUT2D eigenvalue weighted by Crippen LogP contribution is -2.57. The Labute approximate surface area is 115 Å². The fraction of sp³-hybridized carbons (Fsp3) is 0.625. The van der Waals surface area contributed by atoms with Gasteiger partial charge in [0, 0.05) is 26.2 Å². The number of hydrogen-bond acceptors (Lipinski definition) is 3. The molecule has 3 heteroatoms. The van der Waals surface area contributed by atoms with Crippen LogP contribution in [0.3, 0.4) is 0 Å². The number of piperazine rings is 1. The molecule has 2 aliphatic rings. The first-order valence-corrected chi connectivity index (χ1v) is 7.44. The highest BCUT2D eigenvalue weighted by molar-refractivity contribution is 5.39. The van der Waals surface area contributed by atoms with Crippen molar-refractivity contribution >= 4 is 0 Å².